The Labute approximate surface area is 129 Å². The van der Waals surface area contributed by atoms with E-state index in [9.17, 15) is 4.39 Å². The molecular weight excluding hydrogens is 291 g/mol. The molecule has 1 aromatic heterocycles. The van der Waals surface area contributed by atoms with Crippen molar-refractivity contribution in [1.29, 1.82) is 0 Å². The molecular formula is C16H18ClFN2O. The van der Waals surface area contributed by atoms with Crippen molar-refractivity contribution in [3.05, 3.63) is 52.4 Å². The second kappa shape index (κ2) is 7.27. The van der Waals surface area contributed by atoms with Gasteiger partial charge in [-0.05, 0) is 49.2 Å². The SMILES string of the molecule is CCCNc1ccc(Cl)c(COc2ccc(F)cc2C)n1. The number of nitrogens with one attached hydrogen (secondary N) is 1. The average Bonchev–Trinajstić information content (AvgIpc) is 2.46. The Morgan fingerprint density at radius 3 is 2.81 bits per heavy atom. The van der Waals surface area contributed by atoms with Gasteiger partial charge in [0.2, 0.25) is 0 Å². The van der Waals surface area contributed by atoms with E-state index in [2.05, 4.69) is 17.2 Å². The number of hydrogen-bond donors (Lipinski definition) is 1. The fraction of sp³-hybridized carbons (Fsp3) is 0.312. The fourth-order valence-corrected chi connectivity index (χ4v) is 2.02. The third-order valence-electron chi connectivity index (χ3n) is 2.98. The molecule has 0 aliphatic heterocycles. The smallest absolute Gasteiger partial charge is 0.132 e. The molecule has 21 heavy (non-hydrogen) atoms. The van der Waals surface area contributed by atoms with E-state index >= 15 is 0 Å². The van der Waals surface area contributed by atoms with Gasteiger partial charge in [-0.3, -0.25) is 0 Å². The Kier molecular flexibility index (Phi) is 5.39. The first kappa shape index (κ1) is 15.6. The fourth-order valence-electron chi connectivity index (χ4n) is 1.86. The normalized spacial score (nSPS) is 10.5. The summed E-state index contributed by atoms with van der Waals surface area (Å²) in [6, 6.07) is 8.05. The van der Waals surface area contributed by atoms with E-state index in [-0.39, 0.29) is 12.4 Å². The molecule has 0 unspecified atom stereocenters. The number of nitrogens with zero attached hydrogens (tertiary/aromatic N) is 1. The maximum absolute atomic E-state index is 13.0. The number of hydrogen-bond acceptors (Lipinski definition) is 3. The number of rotatable bonds is 6. The minimum absolute atomic E-state index is 0.243. The van der Waals surface area contributed by atoms with E-state index in [4.69, 9.17) is 16.3 Å². The summed E-state index contributed by atoms with van der Waals surface area (Å²) in [4.78, 5) is 4.43. The van der Waals surface area contributed by atoms with Crippen molar-refractivity contribution in [2.75, 3.05) is 11.9 Å². The van der Waals surface area contributed by atoms with Crippen molar-refractivity contribution in [1.82, 2.24) is 4.98 Å². The summed E-state index contributed by atoms with van der Waals surface area (Å²) in [5.74, 6) is 1.12. The van der Waals surface area contributed by atoms with Gasteiger partial charge in [0.15, 0.2) is 0 Å². The standard InChI is InChI=1S/C16H18ClFN2O/c1-3-8-19-16-7-5-13(17)14(20-16)10-21-15-6-4-12(18)9-11(15)2/h4-7,9H,3,8,10H2,1-2H3,(H,19,20). The van der Waals surface area contributed by atoms with E-state index < -0.39 is 0 Å². The molecule has 0 spiro atoms. The van der Waals surface area contributed by atoms with Crippen LogP contribution in [0.5, 0.6) is 5.75 Å². The molecule has 0 amide bonds. The molecule has 112 valence electrons. The molecule has 0 aliphatic rings. The van der Waals surface area contributed by atoms with Crippen LogP contribution >= 0.6 is 11.6 Å². The third-order valence-corrected chi connectivity index (χ3v) is 3.32. The Bertz CT molecular complexity index is 619. The van der Waals surface area contributed by atoms with Gasteiger partial charge < -0.3 is 10.1 Å². The van der Waals surface area contributed by atoms with Gasteiger partial charge in [-0.1, -0.05) is 18.5 Å². The van der Waals surface area contributed by atoms with Crippen LogP contribution in [0.1, 0.15) is 24.6 Å². The number of benzene rings is 1. The predicted molar refractivity (Wildman–Crippen MR) is 83.5 cm³/mol. The van der Waals surface area contributed by atoms with Gasteiger partial charge in [-0.2, -0.15) is 0 Å². The van der Waals surface area contributed by atoms with Crippen LogP contribution in [0.2, 0.25) is 5.02 Å². The van der Waals surface area contributed by atoms with E-state index in [1.165, 1.54) is 12.1 Å². The number of anilines is 1. The van der Waals surface area contributed by atoms with Crippen molar-refractivity contribution in [3.8, 4) is 5.75 Å². The Morgan fingerprint density at radius 1 is 1.29 bits per heavy atom. The predicted octanol–water partition coefficient (Wildman–Crippen LogP) is 4.58. The number of pyridine rings is 1. The molecule has 0 atom stereocenters. The third kappa shape index (κ3) is 4.33. The van der Waals surface area contributed by atoms with Crippen molar-refractivity contribution >= 4 is 17.4 Å². The van der Waals surface area contributed by atoms with Gasteiger partial charge in [-0.25, -0.2) is 9.37 Å². The molecule has 0 radical (unpaired) electrons. The topological polar surface area (TPSA) is 34.1 Å². The van der Waals surface area contributed by atoms with Crippen molar-refractivity contribution < 1.29 is 9.13 Å². The van der Waals surface area contributed by atoms with Crippen molar-refractivity contribution in [2.24, 2.45) is 0 Å². The number of ether oxygens (including phenoxy) is 1. The quantitative estimate of drug-likeness (QED) is 0.848. The summed E-state index contributed by atoms with van der Waals surface area (Å²) in [6.45, 7) is 4.98. The molecule has 0 aliphatic carbocycles. The molecule has 0 saturated carbocycles. The van der Waals surface area contributed by atoms with Crippen LogP contribution in [0.3, 0.4) is 0 Å². The van der Waals surface area contributed by atoms with Crippen LogP contribution in [0.25, 0.3) is 0 Å². The summed E-state index contributed by atoms with van der Waals surface area (Å²) in [7, 11) is 0. The Morgan fingerprint density at radius 2 is 2.10 bits per heavy atom. The van der Waals surface area contributed by atoms with Gasteiger partial charge in [-0.15, -0.1) is 0 Å². The number of halogens is 2. The lowest BCUT2D eigenvalue weighted by Crippen LogP contribution is -2.06. The van der Waals surface area contributed by atoms with Crippen LogP contribution in [-0.4, -0.2) is 11.5 Å². The zero-order chi connectivity index (χ0) is 15.2. The first-order chi connectivity index (χ1) is 10.1. The van der Waals surface area contributed by atoms with E-state index in [1.54, 1.807) is 19.1 Å². The van der Waals surface area contributed by atoms with Crippen LogP contribution in [0.15, 0.2) is 30.3 Å². The van der Waals surface area contributed by atoms with Crippen molar-refractivity contribution in [3.63, 3.8) is 0 Å². The monoisotopic (exact) mass is 308 g/mol. The van der Waals surface area contributed by atoms with Crippen LogP contribution in [0.4, 0.5) is 10.2 Å². The van der Waals surface area contributed by atoms with Gasteiger partial charge in [0.25, 0.3) is 0 Å². The highest BCUT2D eigenvalue weighted by Crippen LogP contribution is 2.22. The van der Waals surface area contributed by atoms with E-state index in [0.29, 0.717) is 16.5 Å². The molecule has 1 N–H and O–H groups in total. The van der Waals surface area contributed by atoms with E-state index in [1.807, 2.05) is 6.07 Å². The Hall–Kier alpha value is -1.81. The molecule has 1 heterocycles. The number of aryl methyl sites for hydroxylation is 1. The van der Waals surface area contributed by atoms with Crippen molar-refractivity contribution in [2.45, 2.75) is 26.9 Å². The lowest BCUT2D eigenvalue weighted by Gasteiger charge is -2.11. The van der Waals surface area contributed by atoms with Crippen LogP contribution in [0, 0.1) is 12.7 Å². The summed E-state index contributed by atoms with van der Waals surface area (Å²) < 4.78 is 18.7. The second-order valence-electron chi connectivity index (χ2n) is 4.75. The van der Waals surface area contributed by atoms with Gasteiger partial charge >= 0.3 is 0 Å². The number of aromatic nitrogens is 1. The largest absolute Gasteiger partial charge is 0.487 e. The van der Waals surface area contributed by atoms with Gasteiger partial charge in [0.1, 0.15) is 24.0 Å². The highest BCUT2D eigenvalue weighted by atomic mass is 35.5. The van der Waals surface area contributed by atoms with Gasteiger partial charge in [0, 0.05) is 6.54 Å². The minimum Gasteiger partial charge on any atom is -0.487 e. The average molecular weight is 309 g/mol. The van der Waals surface area contributed by atoms with Crippen LogP contribution in [-0.2, 0) is 6.61 Å². The maximum Gasteiger partial charge on any atom is 0.132 e. The first-order valence-electron chi connectivity index (χ1n) is 6.88. The highest BCUT2D eigenvalue weighted by molar-refractivity contribution is 6.31. The molecule has 0 bridgehead atoms. The zero-order valence-corrected chi connectivity index (χ0v) is 12.9. The van der Waals surface area contributed by atoms with E-state index in [0.717, 1.165) is 24.3 Å². The first-order valence-corrected chi connectivity index (χ1v) is 7.26. The second-order valence-corrected chi connectivity index (χ2v) is 5.16. The zero-order valence-electron chi connectivity index (χ0n) is 12.1. The highest BCUT2D eigenvalue weighted by Gasteiger charge is 2.07. The lowest BCUT2D eigenvalue weighted by atomic mass is 10.2. The molecule has 3 nitrogen and oxygen atoms in total. The Balaban J connectivity index is 2.08. The molecule has 2 aromatic rings. The summed E-state index contributed by atoms with van der Waals surface area (Å²) in [5, 5.41) is 3.76. The van der Waals surface area contributed by atoms with Gasteiger partial charge in [0.05, 0.1) is 10.7 Å². The minimum atomic E-state index is -0.276. The molecule has 1 aromatic carbocycles. The lowest BCUT2D eigenvalue weighted by molar-refractivity contribution is 0.299. The molecule has 2 rings (SSSR count). The molecule has 5 heteroatoms. The maximum atomic E-state index is 13.0. The summed E-state index contributed by atoms with van der Waals surface area (Å²) in [6.07, 6.45) is 1.02. The summed E-state index contributed by atoms with van der Waals surface area (Å²) >= 11 is 6.13. The van der Waals surface area contributed by atoms with Crippen LogP contribution < -0.4 is 10.1 Å². The summed E-state index contributed by atoms with van der Waals surface area (Å²) in [5.41, 5.74) is 1.40. The molecule has 0 fully saturated rings. The molecule has 0 saturated heterocycles.